The molecule has 0 atom stereocenters. The van der Waals surface area contributed by atoms with Gasteiger partial charge in [0, 0.05) is 38.8 Å². The van der Waals surface area contributed by atoms with E-state index in [0.717, 1.165) is 38.3 Å². The third-order valence-corrected chi connectivity index (χ3v) is 4.94. The molecule has 146 valence electrons. The van der Waals surface area contributed by atoms with Crippen LogP contribution in [0.25, 0.3) is 21.9 Å². The molecule has 0 saturated carbocycles. The van der Waals surface area contributed by atoms with E-state index in [-0.39, 0.29) is 30.2 Å². The van der Waals surface area contributed by atoms with E-state index in [1.165, 1.54) is 0 Å². The van der Waals surface area contributed by atoms with Crippen LogP contribution in [-0.4, -0.2) is 50.1 Å². The van der Waals surface area contributed by atoms with E-state index in [0.29, 0.717) is 27.7 Å². The van der Waals surface area contributed by atoms with Crippen molar-refractivity contribution in [3.8, 4) is 5.75 Å². The number of likely N-dealkylation sites (N-methyl/N-ethyl adjacent to an activating group) is 1. The summed E-state index contributed by atoms with van der Waals surface area (Å²) in [4.78, 5) is 17.6. The number of nitrogens with zero attached hydrogens (tertiary/aromatic N) is 2. The molecule has 2 heterocycles. The highest BCUT2D eigenvalue weighted by atomic mass is 35.5. The van der Waals surface area contributed by atoms with Crippen molar-refractivity contribution in [1.82, 2.24) is 9.80 Å². The van der Waals surface area contributed by atoms with E-state index in [4.69, 9.17) is 9.15 Å². The second kappa shape index (κ2) is 8.93. The Morgan fingerprint density at radius 3 is 2.41 bits per heavy atom. The molecule has 1 aromatic heterocycles. The predicted octanol–water partition coefficient (Wildman–Crippen LogP) is 3.55. The predicted molar refractivity (Wildman–Crippen MR) is 114 cm³/mol. The van der Waals surface area contributed by atoms with Crippen LogP contribution in [0, 0.1) is 0 Å². The topological polar surface area (TPSA) is 45.9 Å². The summed E-state index contributed by atoms with van der Waals surface area (Å²) in [5.74, 6) is 0.682. The summed E-state index contributed by atoms with van der Waals surface area (Å²) < 4.78 is 11.1. The summed E-state index contributed by atoms with van der Waals surface area (Å²) in [5.41, 5.74) is 2.34. The Bertz CT molecular complexity index is 982. The zero-order chi connectivity index (χ0) is 17.4. The molecule has 5 nitrogen and oxygen atoms in total. The van der Waals surface area contributed by atoms with Gasteiger partial charge in [-0.1, -0.05) is 6.07 Å². The number of halogens is 2. The van der Waals surface area contributed by atoms with Gasteiger partial charge in [-0.25, -0.2) is 0 Å². The first-order chi connectivity index (χ1) is 12.1. The lowest BCUT2D eigenvalue weighted by molar-refractivity contribution is 0.148. The van der Waals surface area contributed by atoms with Gasteiger partial charge in [-0.3, -0.25) is 9.69 Å². The standard InChI is InChI=1S/C20H22N2O3.2ClH/c1-21-7-9-22(10-8-21)13-14-3-6-18-17(11-14)20(23)16-5-4-15(24-2)12-19(16)25-18;;/h3-6,11-12H,7-10,13H2,1-2H3;2*1H. The highest BCUT2D eigenvalue weighted by molar-refractivity contribution is 5.90. The van der Waals surface area contributed by atoms with Crippen LogP contribution in [0.4, 0.5) is 0 Å². The van der Waals surface area contributed by atoms with Crippen LogP contribution in [0.15, 0.2) is 45.6 Å². The quantitative estimate of drug-likeness (QED) is 0.617. The van der Waals surface area contributed by atoms with Crippen molar-refractivity contribution in [3.05, 3.63) is 52.2 Å². The fraction of sp³-hybridized carbons (Fsp3) is 0.350. The van der Waals surface area contributed by atoms with Gasteiger partial charge in [0.25, 0.3) is 0 Å². The minimum atomic E-state index is 0. The molecular weight excluding hydrogens is 387 g/mol. The first-order valence-electron chi connectivity index (χ1n) is 8.58. The minimum Gasteiger partial charge on any atom is -0.497 e. The monoisotopic (exact) mass is 410 g/mol. The Labute approximate surface area is 170 Å². The van der Waals surface area contributed by atoms with E-state index in [2.05, 4.69) is 22.9 Å². The molecule has 0 amide bonds. The Balaban J connectivity index is 0.00000131. The Hall–Kier alpha value is -1.79. The number of ether oxygens (including phenoxy) is 1. The van der Waals surface area contributed by atoms with E-state index < -0.39 is 0 Å². The molecule has 0 spiro atoms. The van der Waals surface area contributed by atoms with Crippen LogP contribution in [0.5, 0.6) is 5.75 Å². The summed E-state index contributed by atoms with van der Waals surface area (Å²) in [6.07, 6.45) is 0. The van der Waals surface area contributed by atoms with Crippen molar-refractivity contribution in [1.29, 1.82) is 0 Å². The van der Waals surface area contributed by atoms with Crippen LogP contribution in [0.3, 0.4) is 0 Å². The third-order valence-electron chi connectivity index (χ3n) is 4.94. The van der Waals surface area contributed by atoms with Crippen molar-refractivity contribution in [2.24, 2.45) is 0 Å². The fourth-order valence-electron chi connectivity index (χ4n) is 3.37. The number of piperazine rings is 1. The summed E-state index contributed by atoms with van der Waals surface area (Å²) in [6.45, 7) is 5.15. The lowest BCUT2D eigenvalue weighted by Gasteiger charge is -2.32. The Morgan fingerprint density at radius 1 is 0.963 bits per heavy atom. The second-order valence-electron chi connectivity index (χ2n) is 6.70. The first-order valence-corrected chi connectivity index (χ1v) is 8.58. The lowest BCUT2D eigenvalue weighted by Crippen LogP contribution is -2.43. The number of fused-ring (bicyclic) bond motifs is 2. The zero-order valence-electron chi connectivity index (χ0n) is 15.4. The van der Waals surface area contributed by atoms with Crippen molar-refractivity contribution >= 4 is 46.8 Å². The van der Waals surface area contributed by atoms with Gasteiger partial charge in [0.05, 0.1) is 17.9 Å². The SMILES string of the molecule is COc1ccc2c(=O)c3cc(CN4CCN(C)CC4)ccc3oc2c1.Cl.Cl. The second-order valence-corrected chi connectivity index (χ2v) is 6.70. The average Bonchev–Trinajstić information content (AvgIpc) is 2.64. The number of hydrogen-bond donors (Lipinski definition) is 0. The van der Waals surface area contributed by atoms with Crippen LogP contribution < -0.4 is 10.2 Å². The van der Waals surface area contributed by atoms with Gasteiger partial charge in [-0.15, -0.1) is 24.8 Å². The van der Waals surface area contributed by atoms with E-state index in [9.17, 15) is 4.79 Å². The molecule has 1 aliphatic heterocycles. The molecule has 7 heteroatoms. The van der Waals surface area contributed by atoms with Crippen molar-refractivity contribution in [2.75, 3.05) is 40.3 Å². The van der Waals surface area contributed by atoms with Crippen molar-refractivity contribution in [3.63, 3.8) is 0 Å². The van der Waals surface area contributed by atoms with Crippen molar-refractivity contribution < 1.29 is 9.15 Å². The Morgan fingerprint density at radius 2 is 1.70 bits per heavy atom. The maximum absolute atomic E-state index is 12.9. The van der Waals surface area contributed by atoms with Crippen LogP contribution in [0.2, 0.25) is 0 Å². The summed E-state index contributed by atoms with van der Waals surface area (Å²) in [6, 6.07) is 11.2. The smallest absolute Gasteiger partial charge is 0.200 e. The highest BCUT2D eigenvalue weighted by Crippen LogP contribution is 2.23. The molecule has 1 aliphatic rings. The maximum Gasteiger partial charge on any atom is 0.200 e. The molecule has 0 radical (unpaired) electrons. The van der Waals surface area contributed by atoms with Gasteiger partial charge in [0.1, 0.15) is 16.9 Å². The number of methoxy groups -OCH3 is 1. The van der Waals surface area contributed by atoms with Gasteiger partial charge < -0.3 is 14.1 Å². The number of hydrogen-bond acceptors (Lipinski definition) is 5. The van der Waals surface area contributed by atoms with Gasteiger partial charge in [0.2, 0.25) is 5.43 Å². The highest BCUT2D eigenvalue weighted by Gasteiger charge is 2.15. The molecule has 0 aliphatic carbocycles. The Kier molecular flexibility index (Phi) is 7.12. The van der Waals surface area contributed by atoms with Gasteiger partial charge in [-0.05, 0) is 36.9 Å². The molecule has 0 unspecified atom stereocenters. The van der Waals surface area contributed by atoms with Crippen LogP contribution in [0.1, 0.15) is 5.56 Å². The third kappa shape index (κ3) is 4.38. The molecule has 1 fully saturated rings. The average molecular weight is 411 g/mol. The zero-order valence-corrected chi connectivity index (χ0v) is 17.1. The molecule has 0 N–H and O–H groups in total. The molecule has 1 saturated heterocycles. The molecule has 3 aromatic rings. The molecule has 27 heavy (non-hydrogen) atoms. The molecule has 2 aromatic carbocycles. The maximum atomic E-state index is 12.9. The largest absolute Gasteiger partial charge is 0.497 e. The summed E-state index contributed by atoms with van der Waals surface area (Å²) in [7, 11) is 3.75. The van der Waals surface area contributed by atoms with Crippen LogP contribution in [-0.2, 0) is 6.54 Å². The lowest BCUT2D eigenvalue weighted by atomic mass is 10.1. The normalized spacial score (nSPS) is 15.3. The summed E-state index contributed by atoms with van der Waals surface area (Å²) in [5, 5.41) is 1.23. The van der Waals surface area contributed by atoms with E-state index >= 15 is 0 Å². The fourth-order valence-corrected chi connectivity index (χ4v) is 3.37. The summed E-state index contributed by atoms with van der Waals surface area (Å²) >= 11 is 0. The van der Waals surface area contributed by atoms with Gasteiger partial charge >= 0.3 is 0 Å². The first kappa shape index (κ1) is 21.5. The van der Waals surface area contributed by atoms with Crippen molar-refractivity contribution in [2.45, 2.75) is 6.54 Å². The van der Waals surface area contributed by atoms with E-state index in [1.807, 2.05) is 12.1 Å². The molecular formula is C20H24Cl2N2O3. The van der Waals surface area contributed by atoms with Gasteiger partial charge in [0.15, 0.2) is 0 Å². The minimum absolute atomic E-state index is 0. The number of rotatable bonds is 3. The number of benzene rings is 2. The molecule has 4 rings (SSSR count). The van der Waals surface area contributed by atoms with Crippen LogP contribution >= 0.6 is 24.8 Å². The van der Waals surface area contributed by atoms with Gasteiger partial charge in [-0.2, -0.15) is 0 Å². The molecule has 0 bridgehead atoms. The van der Waals surface area contributed by atoms with E-state index in [1.54, 1.807) is 25.3 Å².